The zero-order chi connectivity index (χ0) is 30.9. The Bertz CT molecular complexity index is 1120. The summed E-state index contributed by atoms with van der Waals surface area (Å²) in [4.78, 5) is 69.6. The number of hydrogen-bond acceptors (Lipinski definition) is 8. The number of hydrogen-bond donors (Lipinski definition) is 5. The molecule has 0 radical (unpaired) electrons. The lowest BCUT2D eigenvalue weighted by Crippen LogP contribution is -2.54. The van der Waals surface area contributed by atoms with Gasteiger partial charge in [0.15, 0.2) is 5.78 Å². The predicted molar refractivity (Wildman–Crippen MR) is 148 cm³/mol. The van der Waals surface area contributed by atoms with E-state index in [4.69, 9.17) is 9.90 Å². The van der Waals surface area contributed by atoms with Crippen molar-refractivity contribution in [1.82, 2.24) is 21.3 Å². The van der Waals surface area contributed by atoms with Crippen molar-refractivity contribution < 1.29 is 42.3 Å². The predicted octanol–water partition coefficient (Wildman–Crippen LogP) is -0.408. The van der Waals surface area contributed by atoms with E-state index in [2.05, 4.69) is 21.3 Å². The number of sulfone groups is 1. The Morgan fingerprint density at radius 2 is 1.43 bits per heavy atom. The van der Waals surface area contributed by atoms with Crippen molar-refractivity contribution in [3.8, 4) is 0 Å². The summed E-state index contributed by atoms with van der Waals surface area (Å²) in [6.07, 6.45) is 2.63. The van der Waals surface area contributed by atoms with E-state index in [1.165, 1.54) is 0 Å². The average molecular weight is 585 g/mol. The summed E-state index contributed by atoms with van der Waals surface area (Å²) in [5.74, 6) is -4.57. The first-order valence-electron chi connectivity index (χ1n) is 12.6. The van der Waals surface area contributed by atoms with E-state index >= 15 is 0 Å². The van der Waals surface area contributed by atoms with Crippen LogP contribution in [0.4, 0.5) is 0 Å². The standard InChI is InChI=1S/C24H36N4O7S.C2H4O2/c1-16(2)22(24(33)25-13-19(30)12-8-11-18-9-6-5-7-10-18)28-21(31)14-26-23(32)20(27-17(3)29)15-36(4,34)35;1-2(3)4/h5-7,9-10,16,20,22H,8,11-15H2,1-4H3,(H,25,33)(H,26,32)(H,27,29)(H,28,31);1H3,(H,3,4)/t20-,22?;/m0./s1. The molecular formula is C26H40N4O9S. The van der Waals surface area contributed by atoms with Crippen LogP contribution in [0, 0.1) is 5.92 Å². The first-order chi connectivity index (χ1) is 18.5. The molecule has 0 saturated carbocycles. The fraction of sp³-hybridized carbons (Fsp3) is 0.538. The van der Waals surface area contributed by atoms with Crippen LogP contribution in [0.15, 0.2) is 30.3 Å². The first kappa shape index (κ1) is 36.2. The maximum absolute atomic E-state index is 12.6. The first-order valence-corrected chi connectivity index (χ1v) is 14.6. The minimum Gasteiger partial charge on any atom is -0.481 e. The SMILES string of the molecule is CC(=O)N[C@@H](CS(C)(=O)=O)C(=O)NCC(=O)NC(C(=O)NCC(=O)CCCc1ccccc1)C(C)C.CC(=O)O. The Kier molecular flexibility index (Phi) is 16.7. The highest BCUT2D eigenvalue weighted by Gasteiger charge is 2.27. The van der Waals surface area contributed by atoms with Crippen LogP contribution in [-0.4, -0.2) is 86.1 Å². The monoisotopic (exact) mass is 584 g/mol. The van der Waals surface area contributed by atoms with Crippen molar-refractivity contribution >= 4 is 45.2 Å². The van der Waals surface area contributed by atoms with Crippen LogP contribution in [0.1, 0.15) is 46.1 Å². The van der Waals surface area contributed by atoms with Crippen molar-refractivity contribution in [3.63, 3.8) is 0 Å². The Balaban J connectivity index is 0.00000354. The highest BCUT2D eigenvalue weighted by Crippen LogP contribution is 2.05. The molecule has 4 amide bonds. The van der Waals surface area contributed by atoms with E-state index in [1.54, 1.807) is 13.8 Å². The highest BCUT2D eigenvalue weighted by atomic mass is 32.2. The summed E-state index contributed by atoms with van der Waals surface area (Å²) < 4.78 is 23.0. The third kappa shape index (κ3) is 18.4. The number of Topliss-reactive ketones (excluding diaryl/α,β-unsaturated/α-hetero) is 1. The van der Waals surface area contributed by atoms with Crippen molar-refractivity contribution in [3.05, 3.63) is 35.9 Å². The maximum Gasteiger partial charge on any atom is 0.300 e. The second-order valence-corrected chi connectivity index (χ2v) is 11.7. The summed E-state index contributed by atoms with van der Waals surface area (Å²) in [7, 11) is -3.58. The maximum atomic E-state index is 12.6. The Morgan fingerprint density at radius 3 is 1.93 bits per heavy atom. The number of aryl methyl sites for hydroxylation is 1. The molecule has 14 heteroatoms. The number of aliphatic carboxylic acids is 1. The van der Waals surface area contributed by atoms with Crippen molar-refractivity contribution in [2.24, 2.45) is 5.92 Å². The fourth-order valence-electron chi connectivity index (χ4n) is 3.30. The van der Waals surface area contributed by atoms with Gasteiger partial charge in [-0.3, -0.25) is 28.8 Å². The summed E-state index contributed by atoms with van der Waals surface area (Å²) in [6, 6.07) is 7.44. The van der Waals surface area contributed by atoms with Gasteiger partial charge in [-0.2, -0.15) is 0 Å². The highest BCUT2D eigenvalue weighted by molar-refractivity contribution is 7.90. The normalized spacial score (nSPS) is 12.2. The number of nitrogens with one attached hydrogen (secondary N) is 4. The third-order valence-electron chi connectivity index (χ3n) is 5.08. The number of carboxylic acid groups (broad SMARTS) is 1. The molecule has 1 aromatic rings. The molecule has 0 saturated heterocycles. The largest absolute Gasteiger partial charge is 0.481 e. The minimum atomic E-state index is -3.58. The van der Waals surface area contributed by atoms with E-state index in [-0.39, 0.29) is 18.2 Å². The number of carboxylic acids is 1. The molecule has 0 aliphatic rings. The number of benzene rings is 1. The van der Waals surface area contributed by atoms with Crippen molar-refractivity contribution in [2.45, 2.75) is 59.0 Å². The molecule has 0 aliphatic carbocycles. The van der Waals surface area contributed by atoms with Crippen LogP contribution in [0.5, 0.6) is 0 Å². The van der Waals surface area contributed by atoms with Gasteiger partial charge < -0.3 is 26.4 Å². The zero-order valence-corrected chi connectivity index (χ0v) is 24.3. The number of ketones is 1. The zero-order valence-electron chi connectivity index (χ0n) is 23.5. The van der Waals surface area contributed by atoms with Crippen LogP contribution in [0.2, 0.25) is 0 Å². The topological polar surface area (TPSA) is 205 Å². The lowest BCUT2D eigenvalue weighted by atomic mass is 10.0. The van der Waals surface area contributed by atoms with Crippen molar-refractivity contribution in [1.29, 1.82) is 0 Å². The van der Waals surface area contributed by atoms with E-state index in [0.29, 0.717) is 12.8 Å². The molecule has 13 nitrogen and oxygen atoms in total. The van der Waals surface area contributed by atoms with Crippen LogP contribution < -0.4 is 21.3 Å². The quantitative estimate of drug-likeness (QED) is 0.181. The molecule has 2 atom stereocenters. The number of rotatable bonds is 15. The van der Waals surface area contributed by atoms with Crippen LogP contribution in [0.3, 0.4) is 0 Å². The summed E-state index contributed by atoms with van der Waals surface area (Å²) in [6.45, 7) is 4.95. The molecule has 0 bridgehead atoms. The van der Waals surface area contributed by atoms with Gasteiger partial charge in [-0.15, -0.1) is 0 Å². The lowest BCUT2D eigenvalue weighted by Gasteiger charge is -2.22. The van der Waals surface area contributed by atoms with E-state index in [1.807, 2.05) is 30.3 Å². The van der Waals surface area contributed by atoms with Gasteiger partial charge in [0.2, 0.25) is 23.6 Å². The smallest absolute Gasteiger partial charge is 0.300 e. The Hall–Kier alpha value is -3.81. The average Bonchev–Trinajstić information content (AvgIpc) is 2.83. The molecule has 0 heterocycles. The molecule has 0 spiro atoms. The molecule has 0 fully saturated rings. The van der Waals surface area contributed by atoms with E-state index in [0.717, 1.165) is 32.1 Å². The molecule has 1 aromatic carbocycles. The fourth-order valence-corrected chi connectivity index (χ4v) is 4.14. The van der Waals surface area contributed by atoms with Crippen LogP contribution in [-0.2, 0) is 45.0 Å². The van der Waals surface area contributed by atoms with Gasteiger partial charge in [-0.05, 0) is 24.3 Å². The number of carbonyl (C=O) groups is 6. The van der Waals surface area contributed by atoms with Crippen molar-refractivity contribution in [2.75, 3.05) is 25.1 Å². The summed E-state index contributed by atoms with van der Waals surface area (Å²) in [5, 5.41) is 17.0. The molecule has 224 valence electrons. The molecule has 0 aliphatic heterocycles. The minimum absolute atomic E-state index is 0.129. The lowest BCUT2D eigenvalue weighted by molar-refractivity contribution is -0.134. The second-order valence-electron chi connectivity index (χ2n) is 9.47. The summed E-state index contributed by atoms with van der Waals surface area (Å²) in [5.41, 5.74) is 1.13. The number of carbonyl (C=O) groups excluding carboxylic acids is 5. The molecule has 0 aromatic heterocycles. The van der Waals surface area contributed by atoms with E-state index < -0.39 is 63.8 Å². The van der Waals surface area contributed by atoms with Gasteiger partial charge in [0, 0.05) is 26.5 Å². The molecule has 1 rings (SSSR count). The van der Waals surface area contributed by atoms with Gasteiger partial charge >= 0.3 is 0 Å². The number of amides is 4. The van der Waals surface area contributed by atoms with Gasteiger partial charge in [0.1, 0.15) is 21.9 Å². The van der Waals surface area contributed by atoms with E-state index in [9.17, 15) is 32.4 Å². The van der Waals surface area contributed by atoms with Gasteiger partial charge in [0.05, 0.1) is 18.8 Å². The molecule has 1 unspecified atom stereocenters. The summed E-state index contributed by atoms with van der Waals surface area (Å²) >= 11 is 0. The van der Waals surface area contributed by atoms with Gasteiger partial charge in [-0.1, -0.05) is 44.2 Å². The molecular weight excluding hydrogens is 544 g/mol. The molecule has 5 N–H and O–H groups in total. The van der Waals surface area contributed by atoms with Gasteiger partial charge in [-0.25, -0.2) is 8.42 Å². The molecule has 40 heavy (non-hydrogen) atoms. The second kappa shape index (κ2) is 18.5. The Morgan fingerprint density at radius 1 is 0.875 bits per heavy atom. The third-order valence-corrected chi connectivity index (χ3v) is 6.01. The van der Waals surface area contributed by atoms with Crippen LogP contribution >= 0.6 is 0 Å². The van der Waals surface area contributed by atoms with Crippen LogP contribution in [0.25, 0.3) is 0 Å². The Labute approximate surface area is 234 Å². The van der Waals surface area contributed by atoms with Gasteiger partial charge in [0.25, 0.3) is 5.97 Å².